The molecular formula is C17H23ClN2O. The third-order valence-electron chi connectivity index (χ3n) is 4.33. The van der Waals surface area contributed by atoms with Gasteiger partial charge < -0.3 is 14.6 Å². The number of halogens is 1. The first kappa shape index (κ1) is 14.9. The third-order valence-corrected chi connectivity index (χ3v) is 4.57. The van der Waals surface area contributed by atoms with Gasteiger partial charge in [-0.25, -0.2) is 0 Å². The van der Waals surface area contributed by atoms with Gasteiger partial charge in [0.05, 0.1) is 6.61 Å². The van der Waals surface area contributed by atoms with Crippen LogP contribution in [0, 0.1) is 0 Å². The van der Waals surface area contributed by atoms with Gasteiger partial charge >= 0.3 is 0 Å². The van der Waals surface area contributed by atoms with Crippen molar-refractivity contribution < 1.29 is 4.74 Å². The number of fused-ring (bicyclic) bond motifs is 1. The summed E-state index contributed by atoms with van der Waals surface area (Å²) in [6, 6.07) is 6.23. The average molecular weight is 307 g/mol. The van der Waals surface area contributed by atoms with Gasteiger partial charge in [-0.2, -0.15) is 0 Å². The van der Waals surface area contributed by atoms with Crippen molar-refractivity contribution in [1.82, 2.24) is 9.88 Å². The van der Waals surface area contributed by atoms with Crippen LogP contribution >= 0.6 is 11.6 Å². The molecule has 4 heteroatoms. The minimum Gasteiger partial charge on any atom is -0.380 e. The second-order valence-electron chi connectivity index (χ2n) is 5.66. The fraction of sp³-hybridized carbons (Fsp3) is 0.529. The molecule has 1 fully saturated rings. The number of ether oxygens (including phenoxy) is 1. The molecule has 1 aliphatic rings. The predicted octanol–water partition coefficient (Wildman–Crippen LogP) is 3.80. The van der Waals surface area contributed by atoms with Crippen molar-refractivity contribution in [2.45, 2.75) is 32.2 Å². The van der Waals surface area contributed by atoms with Crippen molar-refractivity contribution in [3.8, 4) is 0 Å². The van der Waals surface area contributed by atoms with Crippen LogP contribution < -0.4 is 5.32 Å². The maximum atomic E-state index is 6.22. The summed E-state index contributed by atoms with van der Waals surface area (Å²) in [5.74, 6) is 0.639. The lowest BCUT2D eigenvalue weighted by Gasteiger charge is -2.22. The van der Waals surface area contributed by atoms with Crippen LogP contribution in [-0.4, -0.2) is 30.9 Å². The van der Waals surface area contributed by atoms with Crippen LogP contribution in [0.5, 0.6) is 0 Å². The summed E-state index contributed by atoms with van der Waals surface area (Å²) in [6.07, 6.45) is 4.73. The van der Waals surface area contributed by atoms with E-state index in [4.69, 9.17) is 16.3 Å². The van der Waals surface area contributed by atoms with E-state index in [-0.39, 0.29) is 0 Å². The molecule has 114 valence electrons. The highest BCUT2D eigenvalue weighted by Crippen LogP contribution is 2.34. The zero-order valence-corrected chi connectivity index (χ0v) is 13.3. The Bertz CT molecular complexity index is 602. The molecule has 1 aromatic heterocycles. The zero-order chi connectivity index (χ0) is 14.7. The number of nitrogens with one attached hydrogen (secondary N) is 1. The Morgan fingerprint density at radius 3 is 2.90 bits per heavy atom. The van der Waals surface area contributed by atoms with Gasteiger partial charge in [0.1, 0.15) is 0 Å². The summed E-state index contributed by atoms with van der Waals surface area (Å²) >= 11 is 6.22. The van der Waals surface area contributed by atoms with Crippen molar-refractivity contribution in [2.75, 3.05) is 26.3 Å². The van der Waals surface area contributed by atoms with E-state index >= 15 is 0 Å². The first-order chi connectivity index (χ1) is 10.3. The molecule has 3 nitrogen and oxygen atoms in total. The molecule has 3 rings (SSSR count). The summed E-state index contributed by atoms with van der Waals surface area (Å²) in [6.45, 7) is 6.68. The lowest BCUT2D eigenvalue weighted by atomic mass is 9.90. The first-order valence-electron chi connectivity index (χ1n) is 7.86. The molecule has 1 saturated heterocycles. The molecule has 1 aliphatic heterocycles. The number of benzene rings is 1. The van der Waals surface area contributed by atoms with E-state index in [1.165, 1.54) is 29.3 Å². The summed E-state index contributed by atoms with van der Waals surface area (Å²) < 4.78 is 7.83. The minimum absolute atomic E-state index is 0.639. The Labute approximate surface area is 131 Å². The Balaban J connectivity index is 1.95. The molecule has 2 heterocycles. The molecule has 0 atom stereocenters. The normalized spacial score (nSPS) is 16.7. The SMILES string of the molecule is CCOCCn1cc(C2CCNCC2)c2cc(Cl)ccc21. The van der Waals surface area contributed by atoms with Crippen molar-refractivity contribution in [1.29, 1.82) is 0 Å². The fourth-order valence-electron chi connectivity index (χ4n) is 3.25. The lowest BCUT2D eigenvalue weighted by molar-refractivity contribution is 0.140. The second kappa shape index (κ2) is 6.82. The standard InChI is InChI=1S/C17H23ClN2O/c1-2-21-10-9-20-12-16(13-5-7-19-8-6-13)15-11-14(18)3-4-17(15)20/h3-4,11-13,19H,2,5-10H2,1H3. The van der Waals surface area contributed by atoms with Gasteiger partial charge in [-0.1, -0.05) is 11.6 Å². The fourth-order valence-corrected chi connectivity index (χ4v) is 3.42. The number of nitrogens with zero attached hydrogens (tertiary/aromatic N) is 1. The number of piperidine rings is 1. The highest BCUT2D eigenvalue weighted by Gasteiger charge is 2.20. The molecule has 21 heavy (non-hydrogen) atoms. The van der Waals surface area contributed by atoms with Crippen LogP contribution in [0.4, 0.5) is 0 Å². The Hall–Kier alpha value is -1.03. The van der Waals surface area contributed by atoms with Crippen molar-refractivity contribution in [2.24, 2.45) is 0 Å². The van der Waals surface area contributed by atoms with Crippen molar-refractivity contribution >= 4 is 22.5 Å². The average Bonchev–Trinajstić information content (AvgIpc) is 2.86. The number of rotatable bonds is 5. The number of hydrogen-bond donors (Lipinski definition) is 1. The second-order valence-corrected chi connectivity index (χ2v) is 6.10. The highest BCUT2D eigenvalue weighted by molar-refractivity contribution is 6.31. The topological polar surface area (TPSA) is 26.2 Å². The molecule has 1 aromatic carbocycles. The molecule has 0 amide bonds. The number of aromatic nitrogens is 1. The Kier molecular flexibility index (Phi) is 4.84. The van der Waals surface area contributed by atoms with Crippen LogP contribution in [-0.2, 0) is 11.3 Å². The summed E-state index contributed by atoms with van der Waals surface area (Å²) in [5.41, 5.74) is 2.72. The molecule has 0 spiro atoms. The van der Waals surface area contributed by atoms with Gasteiger partial charge in [0.15, 0.2) is 0 Å². The lowest BCUT2D eigenvalue weighted by Crippen LogP contribution is -2.26. The van der Waals surface area contributed by atoms with Crippen molar-refractivity contribution in [3.63, 3.8) is 0 Å². The molecule has 0 saturated carbocycles. The monoisotopic (exact) mass is 306 g/mol. The molecule has 0 bridgehead atoms. The molecule has 1 N–H and O–H groups in total. The molecule has 0 radical (unpaired) electrons. The maximum Gasteiger partial charge on any atom is 0.0645 e. The quantitative estimate of drug-likeness (QED) is 0.850. The van der Waals surface area contributed by atoms with Gasteiger partial charge in [0, 0.05) is 35.3 Å². The van der Waals surface area contributed by atoms with Gasteiger partial charge in [-0.15, -0.1) is 0 Å². The smallest absolute Gasteiger partial charge is 0.0645 e. The predicted molar refractivity (Wildman–Crippen MR) is 88.3 cm³/mol. The molecule has 2 aromatic rings. The zero-order valence-electron chi connectivity index (χ0n) is 12.6. The van der Waals surface area contributed by atoms with Crippen LogP contribution in [0.1, 0.15) is 31.2 Å². The summed E-state index contributed by atoms with van der Waals surface area (Å²) in [7, 11) is 0. The molecule has 0 aliphatic carbocycles. The van der Waals surface area contributed by atoms with Crippen LogP contribution in [0.25, 0.3) is 10.9 Å². The minimum atomic E-state index is 0.639. The van der Waals surface area contributed by atoms with E-state index in [0.717, 1.165) is 37.9 Å². The summed E-state index contributed by atoms with van der Waals surface area (Å²) in [5, 5.41) is 5.57. The van der Waals surface area contributed by atoms with E-state index < -0.39 is 0 Å². The van der Waals surface area contributed by atoms with Gasteiger partial charge in [-0.05, 0) is 62.5 Å². The van der Waals surface area contributed by atoms with E-state index in [2.05, 4.69) is 28.2 Å². The highest BCUT2D eigenvalue weighted by atomic mass is 35.5. The van der Waals surface area contributed by atoms with Crippen molar-refractivity contribution in [3.05, 3.63) is 35.0 Å². The van der Waals surface area contributed by atoms with E-state index in [1.807, 2.05) is 13.0 Å². The summed E-state index contributed by atoms with van der Waals surface area (Å²) in [4.78, 5) is 0. The van der Waals surface area contributed by atoms with E-state index in [1.54, 1.807) is 0 Å². The van der Waals surface area contributed by atoms with E-state index in [0.29, 0.717) is 5.92 Å². The van der Waals surface area contributed by atoms with E-state index in [9.17, 15) is 0 Å². The number of hydrogen-bond acceptors (Lipinski definition) is 2. The third kappa shape index (κ3) is 3.25. The van der Waals surface area contributed by atoms with Crippen LogP contribution in [0.3, 0.4) is 0 Å². The maximum absolute atomic E-state index is 6.22. The van der Waals surface area contributed by atoms with Crippen LogP contribution in [0.2, 0.25) is 5.02 Å². The Morgan fingerprint density at radius 2 is 2.14 bits per heavy atom. The molecular weight excluding hydrogens is 284 g/mol. The van der Waals surface area contributed by atoms with Crippen LogP contribution in [0.15, 0.2) is 24.4 Å². The first-order valence-corrected chi connectivity index (χ1v) is 8.24. The van der Waals surface area contributed by atoms with Gasteiger partial charge in [0.2, 0.25) is 0 Å². The molecule has 0 unspecified atom stereocenters. The van der Waals surface area contributed by atoms with Gasteiger partial charge in [0.25, 0.3) is 0 Å². The largest absolute Gasteiger partial charge is 0.380 e. The Morgan fingerprint density at radius 1 is 1.33 bits per heavy atom. The van der Waals surface area contributed by atoms with Gasteiger partial charge in [-0.3, -0.25) is 0 Å².